The van der Waals surface area contributed by atoms with Crippen molar-refractivity contribution in [2.24, 2.45) is 0 Å². The van der Waals surface area contributed by atoms with E-state index in [1.165, 1.54) is 44.9 Å². The molecule has 1 atom stereocenters. The molecule has 0 saturated carbocycles. The molecule has 1 aliphatic heterocycles. The number of hydrogen-bond acceptors (Lipinski definition) is 1. The molecule has 24 heavy (non-hydrogen) atoms. The zero-order chi connectivity index (χ0) is 15.9. The van der Waals surface area contributed by atoms with Gasteiger partial charge in [-0.05, 0) is 17.2 Å². The Morgan fingerprint density at radius 3 is 2.00 bits per heavy atom. The summed E-state index contributed by atoms with van der Waals surface area (Å²) in [6, 6.07) is 27.7. The van der Waals surface area contributed by atoms with Crippen molar-refractivity contribution in [3.63, 3.8) is 0 Å². The summed E-state index contributed by atoms with van der Waals surface area (Å²) in [6.45, 7) is 0. The molecule has 0 radical (unpaired) electrons. The molecule has 5 rings (SSSR count). The number of hydrogen-bond donors (Lipinski definition) is 1. The first kappa shape index (κ1) is 14.3. The molecule has 0 bridgehead atoms. The van der Waals surface area contributed by atoms with E-state index in [2.05, 4.69) is 78.1 Å². The highest BCUT2D eigenvalue weighted by Gasteiger charge is 2.34. The van der Waals surface area contributed by atoms with Crippen LogP contribution in [0.5, 0.6) is 0 Å². The van der Waals surface area contributed by atoms with Crippen molar-refractivity contribution < 1.29 is 5.32 Å². The lowest BCUT2D eigenvalue weighted by atomic mass is 9.99. The van der Waals surface area contributed by atoms with E-state index < -0.39 is 0 Å². The van der Waals surface area contributed by atoms with Gasteiger partial charge in [-0.3, -0.25) is 0 Å². The molecule has 0 spiro atoms. The maximum Gasteiger partial charge on any atom is 0.139 e. The number of nitrogens with two attached hydrogens (primary N) is 1. The molecular formula is C22H20NS+. The van der Waals surface area contributed by atoms with Gasteiger partial charge in [0, 0.05) is 33.8 Å². The average Bonchev–Trinajstić information content (AvgIpc) is 2.97. The maximum atomic E-state index is 2.60. The van der Waals surface area contributed by atoms with Gasteiger partial charge >= 0.3 is 0 Å². The van der Waals surface area contributed by atoms with Crippen LogP contribution in [0.25, 0.3) is 11.1 Å². The van der Waals surface area contributed by atoms with E-state index in [-0.39, 0.29) is 0 Å². The maximum absolute atomic E-state index is 2.60. The minimum atomic E-state index is 0.415. The summed E-state index contributed by atoms with van der Waals surface area (Å²) in [5.74, 6) is 1.22. The third kappa shape index (κ3) is 2.21. The molecule has 2 aliphatic rings. The fourth-order valence-electron chi connectivity index (χ4n) is 4.20. The molecule has 0 aromatic heterocycles. The molecular weight excluding hydrogens is 310 g/mol. The Morgan fingerprint density at radius 2 is 1.29 bits per heavy atom. The van der Waals surface area contributed by atoms with Gasteiger partial charge in [-0.1, -0.05) is 66.7 Å². The first-order valence-electron chi connectivity index (χ1n) is 8.67. The highest BCUT2D eigenvalue weighted by molar-refractivity contribution is 7.99. The third-order valence-electron chi connectivity index (χ3n) is 5.31. The van der Waals surface area contributed by atoms with Crippen LogP contribution in [-0.4, -0.2) is 5.75 Å². The van der Waals surface area contributed by atoms with E-state index in [1.807, 2.05) is 11.8 Å². The summed E-state index contributed by atoms with van der Waals surface area (Å²) in [7, 11) is 0. The van der Waals surface area contributed by atoms with Gasteiger partial charge in [-0.25, -0.2) is 0 Å². The zero-order valence-corrected chi connectivity index (χ0v) is 14.3. The van der Waals surface area contributed by atoms with Crippen LogP contribution in [0.2, 0.25) is 0 Å². The van der Waals surface area contributed by atoms with Gasteiger partial charge in [0.05, 0.1) is 0 Å². The lowest BCUT2D eigenvalue weighted by Gasteiger charge is -2.26. The van der Waals surface area contributed by atoms with Crippen molar-refractivity contribution in [2.45, 2.75) is 23.4 Å². The number of fused-ring (bicyclic) bond motifs is 4. The predicted molar refractivity (Wildman–Crippen MR) is 100 cm³/mol. The summed E-state index contributed by atoms with van der Waals surface area (Å²) in [6.07, 6.45) is 1.24. The summed E-state index contributed by atoms with van der Waals surface area (Å²) in [5.41, 5.74) is 7.26. The van der Waals surface area contributed by atoms with Gasteiger partial charge in [-0.15, -0.1) is 11.8 Å². The van der Waals surface area contributed by atoms with E-state index >= 15 is 0 Å². The van der Waals surface area contributed by atoms with Gasteiger partial charge in [0.25, 0.3) is 0 Å². The Bertz CT molecular complexity index is 856. The molecule has 0 amide bonds. The molecule has 1 nitrogen and oxygen atoms in total. The quantitative estimate of drug-likeness (QED) is 0.729. The summed E-state index contributed by atoms with van der Waals surface area (Å²) in [5, 5.41) is 2.60. The zero-order valence-electron chi connectivity index (χ0n) is 13.5. The molecule has 2 N–H and O–H groups in total. The van der Waals surface area contributed by atoms with Gasteiger partial charge < -0.3 is 5.32 Å². The first-order chi connectivity index (χ1) is 11.9. The highest BCUT2D eigenvalue weighted by atomic mass is 32.2. The van der Waals surface area contributed by atoms with E-state index in [0.717, 1.165) is 0 Å². The predicted octanol–water partition coefficient (Wildman–Crippen LogP) is 4.56. The van der Waals surface area contributed by atoms with Crippen molar-refractivity contribution in [1.82, 2.24) is 0 Å². The first-order valence-corrected chi connectivity index (χ1v) is 9.65. The van der Waals surface area contributed by atoms with Crippen LogP contribution < -0.4 is 5.32 Å². The monoisotopic (exact) mass is 330 g/mol. The van der Waals surface area contributed by atoms with Gasteiger partial charge in [0.15, 0.2) is 0 Å². The van der Waals surface area contributed by atoms with Crippen molar-refractivity contribution in [3.05, 3.63) is 89.5 Å². The van der Waals surface area contributed by atoms with E-state index in [0.29, 0.717) is 12.1 Å². The smallest absolute Gasteiger partial charge is 0.139 e. The van der Waals surface area contributed by atoms with Crippen LogP contribution in [0, 0.1) is 0 Å². The minimum absolute atomic E-state index is 0.415. The third-order valence-corrected chi connectivity index (χ3v) is 6.43. The normalized spacial score (nSPS) is 18.8. The second kappa shape index (κ2) is 5.80. The molecule has 118 valence electrons. The molecule has 0 fully saturated rings. The number of thioether (sulfide) groups is 1. The Hall–Kier alpha value is -2.03. The number of quaternary nitrogens is 1. The standard InChI is InChI=1S/C22H19NS/c1-3-9-17-15(7-1)16-8-2-4-10-18(16)22(17)23-20-13-14-24-21-12-6-5-11-19(20)21/h1-12,20,22-23H,13-14H2/p+1/t20-/m1/s1. The van der Waals surface area contributed by atoms with Crippen LogP contribution in [0.15, 0.2) is 77.7 Å². The summed E-state index contributed by atoms with van der Waals surface area (Å²) >= 11 is 2.00. The fraction of sp³-hybridized carbons (Fsp3) is 0.182. The number of rotatable bonds is 2. The SMILES string of the molecule is c1ccc2c(c1)SCC[C@H]2[NH2+]C1c2ccccc2-c2ccccc21. The van der Waals surface area contributed by atoms with Crippen molar-refractivity contribution >= 4 is 11.8 Å². The number of benzene rings is 3. The molecule has 2 heteroatoms. The van der Waals surface area contributed by atoms with Gasteiger partial charge in [0.1, 0.15) is 12.1 Å². The van der Waals surface area contributed by atoms with Crippen LogP contribution in [0.4, 0.5) is 0 Å². The lowest BCUT2D eigenvalue weighted by molar-refractivity contribution is -0.726. The summed E-state index contributed by atoms with van der Waals surface area (Å²) < 4.78 is 0. The van der Waals surface area contributed by atoms with Crippen LogP contribution in [0.1, 0.15) is 35.2 Å². The second-order valence-electron chi connectivity index (χ2n) is 6.63. The van der Waals surface area contributed by atoms with Crippen LogP contribution in [0.3, 0.4) is 0 Å². The Kier molecular flexibility index (Phi) is 3.46. The minimum Gasteiger partial charge on any atom is -0.330 e. The van der Waals surface area contributed by atoms with Gasteiger partial charge in [-0.2, -0.15) is 0 Å². The van der Waals surface area contributed by atoms with Crippen molar-refractivity contribution in [2.75, 3.05) is 5.75 Å². The molecule has 3 aromatic rings. The fourth-order valence-corrected chi connectivity index (χ4v) is 5.36. The summed E-state index contributed by atoms with van der Waals surface area (Å²) in [4.78, 5) is 1.46. The van der Waals surface area contributed by atoms with Crippen LogP contribution >= 0.6 is 11.8 Å². The molecule has 0 saturated heterocycles. The van der Waals surface area contributed by atoms with E-state index in [4.69, 9.17) is 0 Å². The second-order valence-corrected chi connectivity index (χ2v) is 7.76. The molecule has 1 heterocycles. The largest absolute Gasteiger partial charge is 0.330 e. The Balaban J connectivity index is 1.57. The highest BCUT2D eigenvalue weighted by Crippen LogP contribution is 2.42. The van der Waals surface area contributed by atoms with Crippen molar-refractivity contribution in [3.8, 4) is 11.1 Å². The van der Waals surface area contributed by atoms with Crippen molar-refractivity contribution in [1.29, 1.82) is 0 Å². The Morgan fingerprint density at radius 1 is 0.708 bits per heavy atom. The molecule has 0 unspecified atom stereocenters. The Labute approximate surface area is 147 Å². The van der Waals surface area contributed by atoms with Crippen LogP contribution in [-0.2, 0) is 0 Å². The molecule has 3 aromatic carbocycles. The lowest BCUT2D eigenvalue weighted by Crippen LogP contribution is -2.86. The van der Waals surface area contributed by atoms with E-state index in [9.17, 15) is 0 Å². The average molecular weight is 330 g/mol. The van der Waals surface area contributed by atoms with E-state index in [1.54, 1.807) is 0 Å². The van der Waals surface area contributed by atoms with Gasteiger partial charge in [0.2, 0.25) is 0 Å². The molecule has 1 aliphatic carbocycles. The topological polar surface area (TPSA) is 16.6 Å².